The quantitative estimate of drug-likeness (QED) is 0.486. The molecule has 0 heterocycles. The van der Waals surface area contributed by atoms with E-state index >= 15 is 0 Å². The number of benzene rings is 1. The molecule has 0 aliphatic heterocycles. The van der Waals surface area contributed by atoms with Crippen molar-refractivity contribution in [3.05, 3.63) is 35.4 Å². The molecule has 0 saturated carbocycles. The van der Waals surface area contributed by atoms with Crippen molar-refractivity contribution in [3.8, 4) is 12.3 Å². The van der Waals surface area contributed by atoms with Crippen LogP contribution in [0.15, 0.2) is 24.3 Å². The molecule has 0 fully saturated rings. The molecule has 60 valence electrons. The standard InChI is InChI=1S/C11H10O/c1-2-3-4-10-5-7-11(9-12)8-6-10/h1,5-9H,3-4H2. The number of carbonyl (C=O) groups is 1. The van der Waals surface area contributed by atoms with Crippen LogP contribution >= 0.6 is 0 Å². The molecule has 1 rings (SSSR count). The van der Waals surface area contributed by atoms with E-state index in [1.54, 1.807) is 12.1 Å². The highest BCUT2D eigenvalue weighted by atomic mass is 16.1. The second-order valence-electron chi connectivity index (χ2n) is 2.56. The van der Waals surface area contributed by atoms with E-state index in [0.29, 0.717) is 5.56 Å². The van der Waals surface area contributed by atoms with Crippen LogP contribution in [0.5, 0.6) is 0 Å². The number of terminal acetylenes is 1. The highest BCUT2D eigenvalue weighted by Gasteiger charge is 1.91. The normalized spacial score (nSPS) is 8.92. The maximum Gasteiger partial charge on any atom is 0.150 e. The fourth-order valence-corrected chi connectivity index (χ4v) is 0.979. The van der Waals surface area contributed by atoms with Crippen molar-refractivity contribution in [3.63, 3.8) is 0 Å². The lowest BCUT2D eigenvalue weighted by atomic mass is 10.1. The third-order valence-electron chi connectivity index (χ3n) is 1.67. The minimum absolute atomic E-state index is 0.708. The first-order chi connectivity index (χ1) is 5.86. The van der Waals surface area contributed by atoms with Gasteiger partial charge in [-0.15, -0.1) is 12.3 Å². The molecule has 12 heavy (non-hydrogen) atoms. The zero-order chi connectivity index (χ0) is 8.81. The summed E-state index contributed by atoms with van der Waals surface area (Å²) in [5.41, 5.74) is 1.89. The molecule has 1 nitrogen and oxygen atoms in total. The van der Waals surface area contributed by atoms with E-state index in [-0.39, 0.29) is 0 Å². The predicted octanol–water partition coefficient (Wildman–Crippen LogP) is 2.06. The molecule has 0 N–H and O–H groups in total. The van der Waals surface area contributed by atoms with Gasteiger partial charge in [-0.2, -0.15) is 0 Å². The molecule has 0 aliphatic carbocycles. The molecule has 0 atom stereocenters. The SMILES string of the molecule is C#CCCc1ccc(C=O)cc1. The van der Waals surface area contributed by atoms with Crippen LogP contribution in [0.3, 0.4) is 0 Å². The molecular weight excluding hydrogens is 148 g/mol. The number of hydrogen-bond donors (Lipinski definition) is 0. The van der Waals surface area contributed by atoms with Crippen molar-refractivity contribution in [1.29, 1.82) is 0 Å². The van der Waals surface area contributed by atoms with Gasteiger partial charge in [0.2, 0.25) is 0 Å². The van der Waals surface area contributed by atoms with Gasteiger partial charge in [0, 0.05) is 12.0 Å². The number of aryl methyl sites for hydroxylation is 1. The van der Waals surface area contributed by atoms with E-state index in [1.165, 1.54) is 5.56 Å². The summed E-state index contributed by atoms with van der Waals surface area (Å²) in [6.45, 7) is 0. The minimum atomic E-state index is 0.708. The molecule has 1 aromatic rings. The number of hydrogen-bond acceptors (Lipinski definition) is 1. The second-order valence-corrected chi connectivity index (χ2v) is 2.56. The second kappa shape index (κ2) is 4.35. The Labute approximate surface area is 72.4 Å². The summed E-state index contributed by atoms with van der Waals surface area (Å²) in [7, 11) is 0. The van der Waals surface area contributed by atoms with Crippen LogP contribution in [-0.4, -0.2) is 6.29 Å². The number of aldehydes is 1. The van der Waals surface area contributed by atoms with Gasteiger partial charge in [0.15, 0.2) is 0 Å². The summed E-state index contributed by atoms with van der Waals surface area (Å²) in [6, 6.07) is 7.47. The molecular formula is C11H10O. The largest absolute Gasteiger partial charge is 0.298 e. The Balaban J connectivity index is 2.66. The van der Waals surface area contributed by atoms with Crippen molar-refractivity contribution in [2.45, 2.75) is 12.8 Å². The van der Waals surface area contributed by atoms with E-state index in [0.717, 1.165) is 19.1 Å². The molecule has 0 spiro atoms. The van der Waals surface area contributed by atoms with Gasteiger partial charge in [0.05, 0.1) is 0 Å². The summed E-state index contributed by atoms with van der Waals surface area (Å²) in [5, 5.41) is 0. The smallest absolute Gasteiger partial charge is 0.150 e. The minimum Gasteiger partial charge on any atom is -0.298 e. The monoisotopic (exact) mass is 158 g/mol. The van der Waals surface area contributed by atoms with Crippen molar-refractivity contribution in [2.24, 2.45) is 0 Å². The number of carbonyl (C=O) groups excluding carboxylic acids is 1. The Bertz CT molecular complexity index is 290. The summed E-state index contributed by atoms with van der Waals surface area (Å²) >= 11 is 0. The van der Waals surface area contributed by atoms with Crippen molar-refractivity contribution < 1.29 is 4.79 Å². The fraction of sp³-hybridized carbons (Fsp3) is 0.182. The zero-order valence-electron chi connectivity index (χ0n) is 6.79. The van der Waals surface area contributed by atoms with Gasteiger partial charge in [0.25, 0.3) is 0 Å². The lowest BCUT2D eigenvalue weighted by Crippen LogP contribution is -1.84. The fourth-order valence-electron chi connectivity index (χ4n) is 0.979. The van der Waals surface area contributed by atoms with Crippen LogP contribution in [0.25, 0.3) is 0 Å². The first-order valence-electron chi connectivity index (χ1n) is 3.84. The Hall–Kier alpha value is -1.55. The Morgan fingerprint density at radius 3 is 2.50 bits per heavy atom. The van der Waals surface area contributed by atoms with Crippen molar-refractivity contribution >= 4 is 6.29 Å². The van der Waals surface area contributed by atoms with E-state index in [9.17, 15) is 4.79 Å². The van der Waals surface area contributed by atoms with Crippen LogP contribution in [0, 0.1) is 12.3 Å². The van der Waals surface area contributed by atoms with Crippen LogP contribution < -0.4 is 0 Å². The average molecular weight is 158 g/mol. The topological polar surface area (TPSA) is 17.1 Å². The average Bonchev–Trinajstić information content (AvgIpc) is 2.15. The van der Waals surface area contributed by atoms with E-state index in [4.69, 9.17) is 6.42 Å². The van der Waals surface area contributed by atoms with E-state index < -0.39 is 0 Å². The molecule has 0 aromatic heterocycles. The molecule has 1 heteroatoms. The molecule has 0 bridgehead atoms. The summed E-state index contributed by atoms with van der Waals surface area (Å²) in [6.07, 6.45) is 7.60. The third kappa shape index (κ3) is 2.25. The predicted molar refractivity (Wildman–Crippen MR) is 49.0 cm³/mol. The van der Waals surface area contributed by atoms with E-state index in [1.807, 2.05) is 12.1 Å². The van der Waals surface area contributed by atoms with Crippen molar-refractivity contribution in [2.75, 3.05) is 0 Å². The summed E-state index contributed by atoms with van der Waals surface area (Å²) in [4.78, 5) is 10.3. The van der Waals surface area contributed by atoms with Crippen LogP contribution in [0.1, 0.15) is 22.3 Å². The van der Waals surface area contributed by atoms with Gasteiger partial charge in [-0.1, -0.05) is 24.3 Å². The number of rotatable bonds is 3. The highest BCUT2D eigenvalue weighted by molar-refractivity contribution is 5.74. The Kier molecular flexibility index (Phi) is 3.10. The Morgan fingerprint density at radius 2 is 2.00 bits per heavy atom. The summed E-state index contributed by atoms with van der Waals surface area (Å²) in [5.74, 6) is 2.58. The van der Waals surface area contributed by atoms with Gasteiger partial charge in [-0.3, -0.25) is 4.79 Å². The molecule has 0 saturated heterocycles. The lowest BCUT2D eigenvalue weighted by Gasteiger charge is -1.96. The lowest BCUT2D eigenvalue weighted by molar-refractivity contribution is 0.112. The Morgan fingerprint density at radius 1 is 1.33 bits per heavy atom. The molecule has 0 amide bonds. The van der Waals surface area contributed by atoms with Crippen LogP contribution in [0.4, 0.5) is 0 Å². The van der Waals surface area contributed by atoms with E-state index in [2.05, 4.69) is 5.92 Å². The maximum atomic E-state index is 10.3. The van der Waals surface area contributed by atoms with Gasteiger partial charge in [0.1, 0.15) is 6.29 Å². The first kappa shape index (κ1) is 8.55. The van der Waals surface area contributed by atoms with Crippen molar-refractivity contribution in [1.82, 2.24) is 0 Å². The van der Waals surface area contributed by atoms with Crippen LogP contribution in [-0.2, 0) is 6.42 Å². The van der Waals surface area contributed by atoms with Gasteiger partial charge >= 0.3 is 0 Å². The summed E-state index contributed by atoms with van der Waals surface area (Å²) < 4.78 is 0. The highest BCUT2D eigenvalue weighted by Crippen LogP contribution is 2.04. The van der Waals surface area contributed by atoms with Gasteiger partial charge in [-0.25, -0.2) is 0 Å². The molecule has 1 aromatic carbocycles. The molecule has 0 aliphatic rings. The first-order valence-corrected chi connectivity index (χ1v) is 3.84. The van der Waals surface area contributed by atoms with Gasteiger partial charge in [-0.05, 0) is 12.0 Å². The van der Waals surface area contributed by atoms with Gasteiger partial charge < -0.3 is 0 Å². The van der Waals surface area contributed by atoms with Crippen LogP contribution in [0.2, 0.25) is 0 Å². The maximum absolute atomic E-state index is 10.3. The zero-order valence-corrected chi connectivity index (χ0v) is 6.79. The molecule has 0 radical (unpaired) electrons. The molecule has 0 unspecified atom stereocenters. The third-order valence-corrected chi connectivity index (χ3v) is 1.67.